The van der Waals surface area contributed by atoms with Crippen molar-refractivity contribution in [3.8, 4) is 0 Å². The Morgan fingerprint density at radius 1 is 1.58 bits per heavy atom. The van der Waals surface area contributed by atoms with E-state index in [2.05, 4.69) is 21.2 Å². The highest BCUT2D eigenvalue weighted by Gasteiger charge is 2.22. The maximum atomic E-state index is 11.9. The van der Waals surface area contributed by atoms with Gasteiger partial charge in [-0.05, 0) is 18.1 Å². The highest BCUT2D eigenvalue weighted by Crippen LogP contribution is 2.28. The molecule has 0 fully saturated rings. The van der Waals surface area contributed by atoms with E-state index in [1.807, 2.05) is 13.8 Å². The number of benzene rings is 1. The molecule has 1 rings (SSSR count). The first-order valence-corrected chi connectivity index (χ1v) is 6.66. The number of nitrogens with one attached hydrogen (secondary N) is 1. The zero-order valence-corrected chi connectivity index (χ0v) is 12.3. The second-order valence-corrected chi connectivity index (χ2v) is 5.23. The van der Waals surface area contributed by atoms with Crippen LogP contribution in [0.15, 0.2) is 22.7 Å². The minimum absolute atomic E-state index is 0.00880. The normalized spacial score (nSPS) is 13.7. The predicted molar refractivity (Wildman–Crippen MR) is 76.9 cm³/mol. The van der Waals surface area contributed by atoms with E-state index in [-0.39, 0.29) is 17.3 Å². The summed E-state index contributed by atoms with van der Waals surface area (Å²) in [6.45, 7) is 3.79. The molecule has 0 saturated carbocycles. The maximum Gasteiger partial charge on any atom is 0.293 e. The van der Waals surface area contributed by atoms with Gasteiger partial charge in [-0.15, -0.1) is 0 Å². The third-order valence-electron chi connectivity index (χ3n) is 2.97. The first-order chi connectivity index (χ1) is 8.86. The molecule has 1 aromatic rings. The molecular formula is C12H16BrN3O3. The minimum atomic E-state index is -0.687. The third-order valence-corrected chi connectivity index (χ3v) is 3.47. The second-order valence-electron chi connectivity index (χ2n) is 4.32. The number of amides is 1. The molecule has 3 N–H and O–H groups in total. The average Bonchev–Trinajstić information content (AvgIpc) is 2.38. The van der Waals surface area contributed by atoms with Gasteiger partial charge in [0.1, 0.15) is 5.69 Å². The van der Waals surface area contributed by atoms with E-state index in [1.165, 1.54) is 12.1 Å². The van der Waals surface area contributed by atoms with Crippen molar-refractivity contribution in [2.45, 2.75) is 26.3 Å². The summed E-state index contributed by atoms with van der Waals surface area (Å²) < 4.78 is 0.573. The van der Waals surface area contributed by atoms with E-state index in [9.17, 15) is 14.9 Å². The van der Waals surface area contributed by atoms with E-state index in [0.29, 0.717) is 4.47 Å². The van der Waals surface area contributed by atoms with Crippen molar-refractivity contribution >= 4 is 33.2 Å². The second kappa shape index (κ2) is 6.63. The molecule has 0 saturated heterocycles. The quantitative estimate of drug-likeness (QED) is 0.640. The number of nitrogens with zero attached hydrogens (tertiary/aromatic N) is 1. The highest BCUT2D eigenvalue weighted by atomic mass is 79.9. The zero-order chi connectivity index (χ0) is 14.6. The lowest BCUT2D eigenvalue weighted by Gasteiger charge is -2.17. The predicted octanol–water partition coefficient (Wildman–Crippen LogP) is 2.67. The Morgan fingerprint density at radius 2 is 2.21 bits per heavy atom. The van der Waals surface area contributed by atoms with Crippen LogP contribution in [-0.2, 0) is 4.79 Å². The Morgan fingerprint density at radius 3 is 2.74 bits per heavy atom. The lowest BCUT2D eigenvalue weighted by atomic mass is 9.99. The van der Waals surface area contributed by atoms with E-state index < -0.39 is 16.9 Å². The lowest BCUT2D eigenvalue weighted by molar-refractivity contribution is -0.384. The first-order valence-electron chi connectivity index (χ1n) is 5.87. The molecule has 0 bridgehead atoms. The molecular weight excluding hydrogens is 314 g/mol. The van der Waals surface area contributed by atoms with Gasteiger partial charge >= 0.3 is 0 Å². The minimum Gasteiger partial charge on any atom is -0.320 e. The van der Waals surface area contributed by atoms with Crippen molar-refractivity contribution in [3.63, 3.8) is 0 Å². The molecule has 1 amide bonds. The lowest BCUT2D eigenvalue weighted by Crippen LogP contribution is -2.40. The Balaban J connectivity index is 2.94. The van der Waals surface area contributed by atoms with Crippen LogP contribution in [0.4, 0.5) is 11.4 Å². The molecule has 0 spiro atoms. The van der Waals surface area contributed by atoms with E-state index in [1.54, 1.807) is 6.07 Å². The fraction of sp³-hybridized carbons (Fsp3) is 0.417. The first kappa shape index (κ1) is 15.6. The molecule has 0 aromatic heterocycles. The van der Waals surface area contributed by atoms with Crippen molar-refractivity contribution < 1.29 is 9.72 Å². The standard InChI is InChI=1S/C12H16BrN3O3/c1-3-7(2)11(14)12(17)15-9-5-4-8(13)6-10(9)16(18)19/h4-7,11H,3,14H2,1-2H3,(H,15,17)/t7?,11-/m0/s1. The molecule has 0 aliphatic rings. The van der Waals surface area contributed by atoms with Crippen LogP contribution in [0.5, 0.6) is 0 Å². The van der Waals surface area contributed by atoms with Gasteiger partial charge in [0.2, 0.25) is 5.91 Å². The number of hydrogen-bond donors (Lipinski definition) is 2. The van der Waals surface area contributed by atoms with Crippen LogP contribution < -0.4 is 11.1 Å². The van der Waals surface area contributed by atoms with Crippen LogP contribution in [0.25, 0.3) is 0 Å². The molecule has 104 valence electrons. The summed E-state index contributed by atoms with van der Waals surface area (Å²) in [5.74, 6) is -0.408. The number of carbonyl (C=O) groups excluding carboxylic acids is 1. The maximum absolute atomic E-state index is 11.9. The SMILES string of the molecule is CCC(C)[C@H](N)C(=O)Nc1ccc(Br)cc1[N+](=O)[O-]. The fourth-order valence-corrected chi connectivity index (χ4v) is 1.84. The van der Waals surface area contributed by atoms with Gasteiger partial charge in [-0.2, -0.15) is 0 Å². The fourth-order valence-electron chi connectivity index (χ4n) is 1.49. The average molecular weight is 330 g/mol. The van der Waals surface area contributed by atoms with Gasteiger partial charge in [0.25, 0.3) is 5.69 Å². The number of carbonyl (C=O) groups is 1. The number of halogens is 1. The number of hydrogen-bond acceptors (Lipinski definition) is 4. The topological polar surface area (TPSA) is 98.3 Å². The van der Waals surface area contributed by atoms with Crippen LogP contribution in [0.1, 0.15) is 20.3 Å². The van der Waals surface area contributed by atoms with Crippen molar-refractivity contribution in [1.29, 1.82) is 0 Å². The van der Waals surface area contributed by atoms with E-state index in [0.717, 1.165) is 6.42 Å². The number of rotatable bonds is 5. The molecule has 1 aromatic carbocycles. The van der Waals surface area contributed by atoms with Crippen LogP contribution >= 0.6 is 15.9 Å². The van der Waals surface area contributed by atoms with Gasteiger partial charge in [0.15, 0.2) is 0 Å². The number of nitro benzene ring substituents is 1. The largest absolute Gasteiger partial charge is 0.320 e. The third kappa shape index (κ3) is 4.00. The number of nitrogens with two attached hydrogens (primary N) is 1. The summed E-state index contributed by atoms with van der Waals surface area (Å²) in [7, 11) is 0. The van der Waals surface area contributed by atoms with Gasteiger partial charge in [-0.3, -0.25) is 14.9 Å². The molecule has 0 aliphatic heterocycles. The summed E-state index contributed by atoms with van der Waals surface area (Å²) in [4.78, 5) is 22.3. The van der Waals surface area contributed by atoms with E-state index in [4.69, 9.17) is 5.73 Å². The van der Waals surface area contributed by atoms with Gasteiger partial charge < -0.3 is 11.1 Å². The summed E-state index contributed by atoms with van der Waals surface area (Å²) in [5.41, 5.74) is 5.77. The Bertz CT molecular complexity index is 493. The van der Waals surface area contributed by atoms with Crippen LogP contribution in [0.2, 0.25) is 0 Å². The summed E-state index contributed by atoms with van der Waals surface area (Å²) in [6, 6.07) is 3.75. The highest BCUT2D eigenvalue weighted by molar-refractivity contribution is 9.10. The van der Waals surface area contributed by atoms with Crippen molar-refractivity contribution in [3.05, 3.63) is 32.8 Å². The molecule has 1 unspecified atom stereocenters. The molecule has 0 heterocycles. The van der Waals surface area contributed by atoms with Crippen molar-refractivity contribution in [2.24, 2.45) is 11.7 Å². The monoisotopic (exact) mass is 329 g/mol. The summed E-state index contributed by atoms with van der Waals surface area (Å²) >= 11 is 3.15. The smallest absolute Gasteiger partial charge is 0.293 e. The van der Waals surface area contributed by atoms with Crippen LogP contribution in [0.3, 0.4) is 0 Å². The molecule has 0 radical (unpaired) electrons. The number of nitro groups is 1. The Labute approximate surface area is 119 Å². The molecule has 2 atom stereocenters. The van der Waals surface area contributed by atoms with Crippen LogP contribution in [0, 0.1) is 16.0 Å². The molecule has 19 heavy (non-hydrogen) atoms. The van der Waals surface area contributed by atoms with Gasteiger partial charge in [-0.1, -0.05) is 36.2 Å². The van der Waals surface area contributed by atoms with Gasteiger partial charge in [0.05, 0.1) is 11.0 Å². The van der Waals surface area contributed by atoms with Gasteiger partial charge in [0, 0.05) is 10.5 Å². The Kier molecular flexibility index (Phi) is 5.44. The summed E-state index contributed by atoms with van der Waals surface area (Å²) in [5, 5.41) is 13.4. The Hall–Kier alpha value is -1.47. The summed E-state index contributed by atoms with van der Waals surface area (Å²) in [6.07, 6.45) is 0.761. The molecule has 7 heteroatoms. The zero-order valence-electron chi connectivity index (χ0n) is 10.7. The van der Waals surface area contributed by atoms with E-state index >= 15 is 0 Å². The number of anilines is 1. The molecule has 0 aliphatic carbocycles. The van der Waals surface area contributed by atoms with Crippen molar-refractivity contribution in [2.75, 3.05) is 5.32 Å². The molecule has 6 nitrogen and oxygen atoms in total. The van der Waals surface area contributed by atoms with Crippen molar-refractivity contribution in [1.82, 2.24) is 0 Å². The van der Waals surface area contributed by atoms with Crippen LogP contribution in [-0.4, -0.2) is 16.9 Å². The van der Waals surface area contributed by atoms with Gasteiger partial charge in [-0.25, -0.2) is 0 Å².